The predicted molar refractivity (Wildman–Crippen MR) is 78.9 cm³/mol. The smallest absolute Gasteiger partial charge is 0.189 e. The Kier molecular flexibility index (Phi) is 4.31. The van der Waals surface area contributed by atoms with E-state index in [-0.39, 0.29) is 30.9 Å². The Labute approximate surface area is 126 Å². The van der Waals surface area contributed by atoms with Gasteiger partial charge >= 0.3 is 0 Å². The Hall–Kier alpha value is -0.940. The Balaban J connectivity index is 1.71. The summed E-state index contributed by atoms with van der Waals surface area (Å²) in [5.74, 6) is 0. The fourth-order valence-electron chi connectivity index (χ4n) is 3.17. The molecule has 116 valence electrons. The number of hydrogen-bond acceptors (Lipinski definition) is 4. The maximum atomic E-state index is 6.19. The van der Waals surface area contributed by atoms with Crippen molar-refractivity contribution in [3.63, 3.8) is 0 Å². The molecule has 1 unspecified atom stereocenters. The molecule has 4 heteroatoms. The normalized spacial score (nSPS) is 35.1. The van der Waals surface area contributed by atoms with Crippen molar-refractivity contribution in [3.8, 4) is 0 Å². The van der Waals surface area contributed by atoms with Gasteiger partial charge in [0.25, 0.3) is 0 Å². The monoisotopic (exact) mass is 292 g/mol. The third kappa shape index (κ3) is 2.86. The molecular formula is C17H24O4. The molecule has 2 heterocycles. The number of hydrogen-bond donors (Lipinski definition) is 0. The molecule has 2 fully saturated rings. The minimum atomic E-state index is -0.284. The number of ether oxygens (including phenoxy) is 4. The predicted octanol–water partition coefficient (Wildman–Crippen LogP) is 3.08. The summed E-state index contributed by atoms with van der Waals surface area (Å²) in [5, 5.41) is 0. The Morgan fingerprint density at radius 1 is 1.10 bits per heavy atom. The first-order valence-corrected chi connectivity index (χ1v) is 7.73. The number of aryl methyl sites for hydroxylation is 2. The number of rotatable bonds is 4. The summed E-state index contributed by atoms with van der Waals surface area (Å²) in [4.78, 5) is 0. The van der Waals surface area contributed by atoms with Crippen LogP contribution < -0.4 is 0 Å². The summed E-state index contributed by atoms with van der Waals surface area (Å²) < 4.78 is 23.5. The summed E-state index contributed by atoms with van der Waals surface area (Å²) in [6, 6.07) is 6.32. The second kappa shape index (κ2) is 6.05. The molecule has 2 aliphatic heterocycles. The minimum Gasteiger partial charge on any atom is -0.368 e. The molecule has 2 saturated heterocycles. The average molecular weight is 292 g/mol. The molecular weight excluding hydrogens is 268 g/mol. The van der Waals surface area contributed by atoms with E-state index >= 15 is 0 Å². The van der Waals surface area contributed by atoms with Crippen LogP contribution >= 0.6 is 0 Å². The zero-order valence-electron chi connectivity index (χ0n) is 13.2. The first-order chi connectivity index (χ1) is 10.1. The van der Waals surface area contributed by atoms with Crippen LogP contribution in [0.15, 0.2) is 18.2 Å². The number of benzene rings is 1. The van der Waals surface area contributed by atoms with Gasteiger partial charge in [0.1, 0.15) is 12.2 Å². The molecule has 0 amide bonds. The topological polar surface area (TPSA) is 36.9 Å². The third-order valence-electron chi connectivity index (χ3n) is 4.41. The van der Waals surface area contributed by atoms with Crippen LogP contribution in [0, 0.1) is 13.8 Å². The van der Waals surface area contributed by atoms with Gasteiger partial charge in [0, 0.05) is 0 Å². The van der Waals surface area contributed by atoms with Crippen molar-refractivity contribution in [1.82, 2.24) is 0 Å². The van der Waals surface area contributed by atoms with E-state index in [9.17, 15) is 0 Å². The summed E-state index contributed by atoms with van der Waals surface area (Å²) in [6.45, 7) is 8.82. The van der Waals surface area contributed by atoms with E-state index in [2.05, 4.69) is 39.0 Å². The van der Waals surface area contributed by atoms with Gasteiger partial charge in [-0.05, 0) is 43.9 Å². The first kappa shape index (κ1) is 15.0. The molecule has 0 spiro atoms. The van der Waals surface area contributed by atoms with Crippen molar-refractivity contribution in [2.24, 2.45) is 0 Å². The van der Waals surface area contributed by atoms with E-state index in [4.69, 9.17) is 18.9 Å². The maximum Gasteiger partial charge on any atom is 0.189 e. The molecule has 0 aromatic heterocycles. The molecule has 1 aromatic rings. The third-order valence-corrected chi connectivity index (χ3v) is 4.41. The lowest BCUT2D eigenvalue weighted by atomic mass is 10.0. The largest absolute Gasteiger partial charge is 0.368 e. The van der Waals surface area contributed by atoms with Crippen molar-refractivity contribution < 1.29 is 18.9 Å². The molecule has 2 aliphatic rings. The van der Waals surface area contributed by atoms with Crippen LogP contribution in [0.4, 0.5) is 0 Å². The zero-order valence-corrected chi connectivity index (χ0v) is 13.2. The lowest BCUT2D eigenvalue weighted by Crippen LogP contribution is -2.35. The average Bonchev–Trinajstić information content (AvgIpc) is 2.94. The molecule has 3 rings (SSSR count). The fraction of sp³-hybridized carbons (Fsp3) is 0.647. The van der Waals surface area contributed by atoms with Gasteiger partial charge in [0.2, 0.25) is 0 Å². The molecule has 0 bridgehead atoms. The zero-order chi connectivity index (χ0) is 15.0. The van der Waals surface area contributed by atoms with Crippen LogP contribution in [-0.4, -0.2) is 30.9 Å². The van der Waals surface area contributed by atoms with Crippen molar-refractivity contribution in [3.05, 3.63) is 34.9 Å². The lowest BCUT2D eigenvalue weighted by molar-refractivity contribution is -0.168. The Morgan fingerprint density at radius 3 is 2.48 bits per heavy atom. The highest BCUT2D eigenvalue weighted by atomic mass is 16.8. The Morgan fingerprint density at radius 2 is 1.81 bits per heavy atom. The molecule has 1 aromatic carbocycles. The van der Waals surface area contributed by atoms with Gasteiger partial charge in [-0.3, -0.25) is 0 Å². The van der Waals surface area contributed by atoms with Gasteiger partial charge in [-0.25, -0.2) is 0 Å². The molecule has 0 aliphatic carbocycles. The van der Waals surface area contributed by atoms with Gasteiger partial charge in [-0.15, -0.1) is 0 Å². The van der Waals surface area contributed by atoms with Crippen LogP contribution in [-0.2, 0) is 25.6 Å². The van der Waals surface area contributed by atoms with Gasteiger partial charge < -0.3 is 18.9 Å². The molecule has 21 heavy (non-hydrogen) atoms. The van der Waals surface area contributed by atoms with E-state index in [0.29, 0.717) is 6.61 Å². The fourth-order valence-corrected chi connectivity index (χ4v) is 3.17. The van der Waals surface area contributed by atoms with Crippen LogP contribution in [0.3, 0.4) is 0 Å². The number of fused-ring (bicyclic) bond motifs is 1. The van der Waals surface area contributed by atoms with Gasteiger partial charge in [-0.1, -0.05) is 25.1 Å². The summed E-state index contributed by atoms with van der Waals surface area (Å²) in [5.41, 5.74) is 3.77. The van der Waals surface area contributed by atoms with Crippen molar-refractivity contribution in [2.45, 2.75) is 71.6 Å². The highest BCUT2D eigenvalue weighted by Gasteiger charge is 2.51. The lowest BCUT2D eigenvalue weighted by Gasteiger charge is -2.23. The van der Waals surface area contributed by atoms with Crippen LogP contribution in [0.2, 0.25) is 0 Å². The maximum absolute atomic E-state index is 6.19. The SMILES string of the molecule is CC[C@H]1O[C@@H]2OC(C)O[C@@H]2[C@H]1OCc1c(C)cccc1C. The summed E-state index contributed by atoms with van der Waals surface area (Å²) in [6.07, 6.45) is 0.248. The second-order valence-electron chi connectivity index (χ2n) is 5.90. The molecule has 0 N–H and O–H groups in total. The highest BCUT2D eigenvalue weighted by Crippen LogP contribution is 2.35. The van der Waals surface area contributed by atoms with E-state index < -0.39 is 0 Å². The molecule has 0 radical (unpaired) electrons. The quantitative estimate of drug-likeness (QED) is 0.854. The van der Waals surface area contributed by atoms with Crippen molar-refractivity contribution in [2.75, 3.05) is 0 Å². The standard InChI is InChI=1S/C17H24O4/c1-5-14-15(16-17(21-14)20-12(4)19-16)18-9-13-10(2)7-6-8-11(13)3/h6-8,12,14-17H,5,9H2,1-4H3/t12?,14-,15+,16-,17+/m1/s1. The van der Waals surface area contributed by atoms with E-state index in [1.165, 1.54) is 16.7 Å². The van der Waals surface area contributed by atoms with Gasteiger partial charge in [0.05, 0.1) is 12.7 Å². The van der Waals surface area contributed by atoms with Crippen LogP contribution in [0.5, 0.6) is 0 Å². The Bertz CT molecular complexity index is 481. The molecule has 0 saturated carbocycles. The first-order valence-electron chi connectivity index (χ1n) is 7.73. The van der Waals surface area contributed by atoms with E-state index in [0.717, 1.165) is 6.42 Å². The van der Waals surface area contributed by atoms with Crippen LogP contribution in [0.25, 0.3) is 0 Å². The van der Waals surface area contributed by atoms with Crippen molar-refractivity contribution in [1.29, 1.82) is 0 Å². The highest BCUT2D eigenvalue weighted by molar-refractivity contribution is 5.32. The van der Waals surface area contributed by atoms with Gasteiger partial charge in [0.15, 0.2) is 12.6 Å². The second-order valence-corrected chi connectivity index (χ2v) is 5.90. The molecule has 4 nitrogen and oxygen atoms in total. The van der Waals surface area contributed by atoms with Crippen molar-refractivity contribution >= 4 is 0 Å². The van der Waals surface area contributed by atoms with Gasteiger partial charge in [-0.2, -0.15) is 0 Å². The van der Waals surface area contributed by atoms with E-state index in [1.807, 2.05) is 6.92 Å². The van der Waals surface area contributed by atoms with E-state index in [1.54, 1.807) is 0 Å². The molecule has 5 atom stereocenters. The minimum absolute atomic E-state index is 0.0387. The van der Waals surface area contributed by atoms with Crippen LogP contribution in [0.1, 0.15) is 37.0 Å². The summed E-state index contributed by atoms with van der Waals surface area (Å²) >= 11 is 0. The summed E-state index contributed by atoms with van der Waals surface area (Å²) in [7, 11) is 0.